The van der Waals surface area contributed by atoms with Gasteiger partial charge in [-0.15, -0.1) is 0 Å². The first-order valence-corrected chi connectivity index (χ1v) is 10.5. The van der Waals surface area contributed by atoms with Crippen LogP contribution in [-0.4, -0.2) is 41.1 Å². The van der Waals surface area contributed by atoms with Gasteiger partial charge in [0.2, 0.25) is 12.2 Å². The van der Waals surface area contributed by atoms with Crippen LogP contribution in [0.1, 0.15) is 33.2 Å². The second kappa shape index (κ2) is 11.4. The summed E-state index contributed by atoms with van der Waals surface area (Å²) in [6.07, 6.45) is -3.25. The predicted molar refractivity (Wildman–Crippen MR) is 123 cm³/mol. The van der Waals surface area contributed by atoms with Crippen molar-refractivity contribution in [3.8, 4) is 0 Å². The van der Waals surface area contributed by atoms with E-state index in [2.05, 4.69) is 5.32 Å². The SMILES string of the molecule is CCc1ccc(NC(=O)[C@H](OC(=O)c2ccccc2)[C@H](OC(=O)c2ccccc2)C(=O)O)cc1. The van der Waals surface area contributed by atoms with Crippen LogP contribution in [0.25, 0.3) is 0 Å². The topological polar surface area (TPSA) is 119 Å². The molecule has 0 heterocycles. The molecule has 3 aromatic carbocycles. The molecule has 0 spiro atoms. The molecule has 0 saturated carbocycles. The van der Waals surface area contributed by atoms with Gasteiger partial charge < -0.3 is 19.9 Å². The molecule has 8 heteroatoms. The number of anilines is 1. The Kier molecular flexibility index (Phi) is 8.12. The smallest absolute Gasteiger partial charge is 0.349 e. The molecule has 3 rings (SSSR count). The fourth-order valence-corrected chi connectivity index (χ4v) is 3.05. The molecule has 0 aliphatic heterocycles. The number of carbonyl (C=O) groups is 4. The van der Waals surface area contributed by atoms with Gasteiger partial charge in [-0.05, 0) is 48.4 Å². The van der Waals surface area contributed by atoms with Crippen molar-refractivity contribution in [2.24, 2.45) is 0 Å². The third-order valence-corrected chi connectivity index (χ3v) is 4.89. The highest BCUT2D eigenvalue weighted by Crippen LogP contribution is 2.16. The molecule has 0 unspecified atom stereocenters. The molecular weight excluding hydrogens is 438 g/mol. The summed E-state index contributed by atoms with van der Waals surface area (Å²) in [6, 6.07) is 22.3. The summed E-state index contributed by atoms with van der Waals surface area (Å²) in [5.74, 6) is -4.52. The number of carbonyl (C=O) groups excluding carboxylic acids is 3. The first-order valence-electron chi connectivity index (χ1n) is 10.5. The molecule has 2 N–H and O–H groups in total. The van der Waals surface area contributed by atoms with E-state index in [1.807, 2.05) is 6.92 Å². The molecule has 34 heavy (non-hydrogen) atoms. The van der Waals surface area contributed by atoms with Crippen molar-refractivity contribution in [3.63, 3.8) is 0 Å². The Bertz CT molecular complexity index is 1140. The van der Waals surface area contributed by atoms with Crippen LogP contribution in [0.15, 0.2) is 84.9 Å². The number of aryl methyl sites for hydroxylation is 1. The Morgan fingerprint density at radius 3 is 1.65 bits per heavy atom. The van der Waals surface area contributed by atoms with Gasteiger partial charge in [0.25, 0.3) is 5.91 Å². The van der Waals surface area contributed by atoms with Gasteiger partial charge in [-0.25, -0.2) is 14.4 Å². The van der Waals surface area contributed by atoms with Crippen LogP contribution in [-0.2, 0) is 25.5 Å². The molecule has 0 radical (unpaired) electrons. The number of nitrogens with one attached hydrogen (secondary N) is 1. The van der Waals surface area contributed by atoms with Crippen LogP contribution < -0.4 is 5.32 Å². The zero-order valence-electron chi connectivity index (χ0n) is 18.3. The number of esters is 2. The zero-order chi connectivity index (χ0) is 24.5. The van der Waals surface area contributed by atoms with Gasteiger partial charge in [0.15, 0.2) is 0 Å². The number of ether oxygens (including phenoxy) is 2. The van der Waals surface area contributed by atoms with Crippen molar-refractivity contribution >= 4 is 29.5 Å². The van der Waals surface area contributed by atoms with E-state index in [9.17, 15) is 24.3 Å². The summed E-state index contributed by atoms with van der Waals surface area (Å²) in [7, 11) is 0. The molecular formula is C26H23NO7. The minimum Gasteiger partial charge on any atom is -0.478 e. The van der Waals surface area contributed by atoms with Crippen LogP contribution >= 0.6 is 0 Å². The van der Waals surface area contributed by atoms with Gasteiger partial charge in [-0.1, -0.05) is 55.5 Å². The van der Waals surface area contributed by atoms with Gasteiger partial charge >= 0.3 is 17.9 Å². The van der Waals surface area contributed by atoms with Crippen molar-refractivity contribution in [3.05, 3.63) is 102 Å². The second-order valence-electron chi connectivity index (χ2n) is 7.26. The Labute approximate surface area is 196 Å². The molecule has 0 bridgehead atoms. The summed E-state index contributed by atoms with van der Waals surface area (Å²) in [5, 5.41) is 12.3. The zero-order valence-corrected chi connectivity index (χ0v) is 18.3. The van der Waals surface area contributed by atoms with Crippen molar-refractivity contribution in [1.29, 1.82) is 0 Å². The number of hydrogen-bond donors (Lipinski definition) is 2. The fourth-order valence-electron chi connectivity index (χ4n) is 3.05. The van der Waals surface area contributed by atoms with Gasteiger partial charge in [-0.2, -0.15) is 0 Å². The van der Waals surface area contributed by atoms with E-state index < -0.39 is 36.0 Å². The van der Waals surface area contributed by atoms with E-state index in [0.717, 1.165) is 12.0 Å². The first kappa shape index (κ1) is 24.2. The van der Waals surface area contributed by atoms with E-state index in [1.165, 1.54) is 24.3 Å². The number of carboxylic acid groups (broad SMARTS) is 1. The average Bonchev–Trinajstić information content (AvgIpc) is 2.87. The maximum absolute atomic E-state index is 13.1. The summed E-state index contributed by atoms with van der Waals surface area (Å²) in [5.41, 5.74) is 1.58. The van der Waals surface area contributed by atoms with E-state index in [4.69, 9.17) is 9.47 Å². The number of amides is 1. The number of aliphatic carboxylic acids is 1. The van der Waals surface area contributed by atoms with Crippen LogP contribution in [0, 0.1) is 0 Å². The third-order valence-electron chi connectivity index (χ3n) is 4.89. The van der Waals surface area contributed by atoms with Gasteiger partial charge in [-0.3, -0.25) is 4.79 Å². The molecule has 0 aliphatic rings. The van der Waals surface area contributed by atoms with Crippen LogP contribution in [0.5, 0.6) is 0 Å². The molecule has 0 aromatic heterocycles. The Morgan fingerprint density at radius 1 is 0.735 bits per heavy atom. The van der Waals surface area contributed by atoms with E-state index >= 15 is 0 Å². The number of hydrogen-bond acceptors (Lipinski definition) is 6. The molecule has 2 atom stereocenters. The lowest BCUT2D eigenvalue weighted by atomic mass is 10.1. The Balaban J connectivity index is 1.88. The normalized spacial score (nSPS) is 12.1. The second-order valence-corrected chi connectivity index (χ2v) is 7.26. The Morgan fingerprint density at radius 2 is 1.21 bits per heavy atom. The van der Waals surface area contributed by atoms with Gasteiger partial charge in [0, 0.05) is 5.69 Å². The highest BCUT2D eigenvalue weighted by molar-refractivity contribution is 6.01. The summed E-state index contributed by atoms with van der Waals surface area (Å²) in [4.78, 5) is 50.2. The predicted octanol–water partition coefficient (Wildman–Crippen LogP) is 3.72. The molecule has 3 aromatic rings. The van der Waals surface area contributed by atoms with Gasteiger partial charge in [0.1, 0.15) is 0 Å². The lowest BCUT2D eigenvalue weighted by molar-refractivity contribution is -0.157. The van der Waals surface area contributed by atoms with Crippen molar-refractivity contribution in [2.45, 2.75) is 25.6 Å². The molecule has 8 nitrogen and oxygen atoms in total. The highest BCUT2D eigenvalue weighted by Gasteiger charge is 2.41. The fraction of sp³-hybridized carbons (Fsp3) is 0.154. The van der Waals surface area contributed by atoms with Crippen LogP contribution in [0.2, 0.25) is 0 Å². The minimum atomic E-state index is -2.09. The molecule has 0 aliphatic carbocycles. The van der Waals surface area contributed by atoms with Crippen LogP contribution in [0.3, 0.4) is 0 Å². The molecule has 0 fully saturated rings. The lowest BCUT2D eigenvalue weighted by Crippen LogP contribution is -2.48. The number of carboxylic acids is 1. The monoisotopic (exact) mass is 461 g/mol. The molecule has 1 amide bonds. The summed E-state index contributed by atoms with van der Waals surface area (Å²) < 4.78 is 10.4. The molecule has 174 valence electrons. The quantitative estimate of drug-likeness (QED) is 0.466. The standard InChI is InChI=1S/C26H23NO7/c1-2-17-13-15-20(16-14-17)27-23(28)21(33-25(31)18-9-5-3-6-10-18)22(24(29)30)34-26(32)19-11-7-4-8-12-19/h3-16,21-22H,2H2,1H3,(H,27,28)(H,29,30)/t21-,22+/m1/s1. The summed E-state index contributed by atoms with van der Waals surface area (Å²) in [6.45, 7) is 1.98. The largest absolute Gasteiger partial charge is 0.478 e. The van der Waals surface area contributed by atoms with E-state index in [-0.39, 0.29) is 11.1 Å². The van der Waals surface area contributed by atoms with Crippen molar-refractivity contribution in [1.82, 2.24) is 0 Å². The molecule has 0 saturated heterocycles. The van der Waals surface area contributed by atoms with Crippen LogP contribution in [0.4, 0.5) is 5.69 Å². The third kappa shape index (κ3) is 6.29. The minimum absolute atomic E-state index is 0.0810. The first-order chi connectivity index (χ1) is 16.4. The maximum Gasteiger partial charge on any atom is 0.349 e. The van der Waals surface area contributed by atoms with E-state index in [0.29, 0.717) is 5.69 Å². The number of rotatable bonds is 9. The lowest BCUT2D eigenvalue weighted by Gasteiger charge is -2.23. The Hall–Kier alpha value is -4.46. The average molecular weight is 461 g/mol. The summed E-state index contributed by atoms with van der Waals surface area (Å²) >= 11 is 0. The van der Waals surface area contributed by atoms with Crippen molar-refractivity contribution < 1.29 is 33.8 Å². The maximum atomic E-state index is 13.1. The van der Waals surface area contributed by atoms with Gasteiger partial charge in [0.05, 0.1) is 11.1 Å². The van der Waals surface area contributed by atoms with E-state index in [1.54, 1.807) is 60.7 Å². The van der Waals surface area contributed by atoms with Crippen molar-refractivity contribution in [2.75, 3.05) is 5.32 Å². The number of benzene rings is 3. The highest BCUT2D eigenvalue weighted by atomic mass is 16.6.